The van der Waals surface area contributed by atoms with E-state index < -0.39 is 0 Å². The Morgan fingerprint density at radius 2 is 1.47 bits per heavy atom. The maximum atomic E-state index is 5.92. The summed E-state index contributed by atoms with van der Waals surface area (Å²) in [7, 11) is 0. The first kappa shape index (κ1) is 30.6. The predicted octanol–water partition coefficient (Wildman–Crippen LogP) is 9.55. The fraction of sp³-hybridized carbons (Fsp3) is 0.281. The molecule has 0 heterocycles. The van der Waals surface area contributed by atoms with Crippen molar-refractivity contribution in [3.8, 4) is 0 Å². The Morgan fingerprint density at radius 1 is 0.882 bits per heavy atom. The largest absolute Gasteiger partial charge is 0.456 e. The van der Waals surface area contributed by atoms with Gasteiger partial charge >= 0.3 is 0 Å². The molecule has 0 bridgehead atoms. The van der Waals surface area contributed by atoms with Crippen LogP contribution in [0.4, 0.5) is 0 Å². The van der Waals surface area contributed by atoms with Crippen molar-refractivity contribution < 1.29 is 4.74 Å². The highest BCUT2D eigenvalue weighted by atomic mass is 16.5. The summed E-state index contributed by atoms with van der Waals surface area (Å²) in [6, 6.07) is 0. The fourth-order valence-corrected chi connectivity index (χ4v) is 2.82. The minimum absolute atomic E-state index is 0.114. The highest BCUT2D eigenvalue weighted by molar-refractivity contribution is 6.14. The van der Waals surface area contributed by atoms with E-state index in [2.05, 4.69) is 59.7 Å². The maximum absolute atomic E-state index is 5.92. The van der Waals surface area contributed by atoms with Crippen LogP contribution >= 0.6 is 0 Å². The lowest BCUT2D eigenvalue weighted by Gasteiger charge is -2.25. The number of rotatable bonds is 14. The SMILES string of the molecule is C=CC(C)C(C)(C)/C=C\N=C(/C(=C)OC(=C)/C=C\C)C(/C=C\C(=C)/C=C\C)=C(C)C(=C)/C=C\C. The Morgan fingerprint density at radius 3 is 2.00 bits per heavy atom. The summed E-state index contributed by atoms with van der Waals surface area (Å²) >= 11 is 0. The highest BCUT2D eigenvalue weighted by Gasteiger charge is 2.20. The average molecular weight is 458 g/mol. The molecule has 1 atom stereocenters. The van der Waals surface area contributed by atoms with Crippen LogP contribution in [0.5, 0.6) is 0 Å². The molecule has 0 amide bonds. The van der Waals surface area contributed by atoms with Crippen LogP contribution < -0.4 is 0 Å². The fourth-order valence-electron chi connectivity index (χ4n) is 2.82. The van der Waals surface area contributed by atoms with E-state index >= 15 is 0 Å². The lowest BCUT2D eigenvalue weighted by atomic mass is 9.80. The summed E-state index contributed by atoms with van der Waals surface area (Å²) < 4.78 is 5.92. The first-order chi connectivity index (χ1) is 15.9. The van der Waals surface area contributed by atoms with Crippen LogP contribution in [0.25, 0.3) is 0 Å². The minimum atomic E-state index is -0.114. The van der Waals surface area contributed by atoms with E-state index in [1.54, 1.807) is 6.08 Å². The molecule has 0 saturated heterocycles. The van der Waals surface area contributed by atoms with E-state index in [0.29, 0.717) is 17.2 Å². The lowest BCUT2D eigenvalue weighted by molar-refractivity contribution is 0.348. The van der Waals surface area contributed by atoms with Crippen molar-refractivity contribution in [2.45, 2.75) is 48.5 Å². The van der Waals surface area contributed by atoms with E-state index in [-0.39, 0.29) is 11.3 Å². The van der Waals surface area contributed by atoms with Crippen LogP contribution in [0.1, 0.15) is 48.5 Å². The van der Waals surface area contributed by atoms with E-state index in [9.17, 15) is 0 Å². The van der Waals surface area contributed by atoms with Gasteiger partial charge in [0.2, 0.25) is 0 Å². The number of aliphatic imine (C=N–C) groups is 1. The highest BCUT2D eigenvalue weighted by Crippen LogP contribution is 2.29. The number of allylic oxidation sites excluding steroid dienone is 14. The van der Waals surface area contributed by atoms with Gasteiger partial charge < -0.3 is 4.74 Å². The molecule has 0 aliphatic rings. The quantitative estimate of drug-likeness (QED) is 0.110. The monoisotopic (exact) mass is 457 g/mol. The second-order valence-corrected chi connectivity index (χ2v) is 8.60. The van der Waals surface area contributed by atoms with Gasteiger partial charge in [-0.2, -0.15) is 0 Å². The standard InChI is InChI=1S/C32H43NO/c1-13-17-24(5)20-21-30(28(9)25(6)18-14-2)31(29(10)34-27(8)19-15-3)33-23-22-32(11,12)26(7)16-4/h13-23,26H,4-6,8,10H2,1-3,7,9,11-12H3/b17-13-,18-14-,19-15-,21-20-,23-22-,30-28?,33-31+. The van der Waals surface area contributed by atoms with Crippen LogP contribution in [-0.2, 0) is 4.74 Å². The molecule has 0 aliphatic carbocycles. The molecule has 34 heavy (non-hydrogen) atoms. The van der Waals surface area contributed by atoms with Gasteiger partial charge in [-0.15, -0.1) is 6.58 Å². The Hall–Kier alpha value is -3.39. The number of ether oxygens (including phenoxy) is 1. The van der Waals surface area contributed by atoms with Crippen molar-refractivity contribution in [2.75, 3.05) is 0 Å². The van der Waals surface area contributed by atoms with Gasteiger partial charge in [0.15, 0.2) is 0 Å². The Balaban J connectivity index is 6.86. The summed E-state index contributed by atoms with van der Waals surface area (Å²) in [6.07, 6.45) is 21.2. The molecule has 0 aromatic heterocycles. The predicted molar refractivity (Wildman–Crippen MR) is 154 cm³/mol. The molecule has 182 valence electrons. The zero-order valence-corrected chi connectivity index (χ0v) is 22.3. The Labute approximate surface area is 208 Å². The van der Waals surface area contributed by atoms with Crippen molar-refractivity contribution in [1.29, 1.82) is 0 Å². The van der Waals surface area contributed by atoms with Gasteiger partial charge in [0.05, 0.1) is 0 Å². The van der Waals surface area contributed by atoms with Crippen LogP contribution in [0, 0.1) is 11.3 Å². The third-order valence-corrected chi connectivity index (χ3v) is 5.46. The molecular weight excluding hydrogens is 414 g/mol. The van der Waals surface area contributed by atoms with Gasteiger partial charge in [0.25, 0.3) is 0 Å². The molecule has 0 fully saturated rings. The van der Waals surface area contributed by atoms with Gasteiger partial charge in [-0.25, -0.2) is 0 Å². The number of hydrogen-bond acceptors (Lipinski definition) is 2. The molecule has 2 nitrogen and oxygen atoms in total. The Bertz CT molecular complexity index is 984. The second kappa shape index (κ2) is 15.4. The summed E-state index contributed by atoms with van der Waals surface area (Å²) in [5.41, 5.74) is 4.01. The summed E-state index contributed by atoms with van der Waals surface area (Å²) in [4.78, 5) is 4.82. The van der Waals surface area contributed by atoms with E-state index in [1.807, 2.05) is 82.5 Å². The molecular formula is C32H43NO. The van der Waals surface area contributed by atoms with Crippen molar-refractivity contribution >= 4 is 5.71 Å². The molecule has 2 heteroatoms. The molecule has 0 N–H and O–H groups in total. The van der Waals surface area contributed by atoms with Gasteiger partial charge in [-0.3, -0.25) is 4.99 Å². The normalized spacial score (nSPS) is 14.9. The average Bonchev–Trinajstić information content (AvgIpc) is 2.77. The first-order valence-electron chi connectivity index (χ1n) is 11.5. The summed E-state index contributed by atoms with van der Waals surface area (Å²) in [5.74, 6) is 1.16. The molecule has 0 aromatic carbocycles. The second-order valence-electron chi connectivity index (χ2n) is 8.60. The molecule has 0 aromatic rings. The Kier molecular flexibility index (Phi) is 13.9. The first-order valence-corrected chi connectivity index (χ1v) is 11.5. The smallest absolute Gasteiger partial charge is 0.146 e. The summed E-state index contributed by atoms with van der Waals surface area (Å²) in [6.45, 7) is 34.6. The zero-order valence-electron chi connectivity index (χ0n) is 22.3. The van der Waals surface area contributed by atoms with Crippen LogP contribution in [0.2, 0.25) is 0 Å². The van der Waals surface area contributed by atoms with Gasteiger partial charge in [0, 0.05) is 11.8 Å². The molecule has 0 saturated carbocycles. The molecule has 1 unspecified atom stereocenters. The van der Waals surface area contributed by atoms with Gasteiger partial charge in [-0.1, -0.05) is 102 Å². The topological polar surface area (TPSA) is 21.6 Å². The number of hydrogen-bond donors (Lipinski definition) is 0. The van der Waals surface area contributed by atoms with Crippen molar-refractivity contribution in [3.05, 3.63) is 134 Å². The van der Waals surface area contributed by atoms with Crippen molar-refractivity contribution in [3.63, 3.8) is 0 Å². The maximum Gasteiger partial charge on any atom is 0.146 e. The molecule has 0 spiro atoms. The minimum Gasteiger partial charge on any atom is -0.456 e. The van der Waals surface area contributed by atoms with Crippen LogP contribution in [0.3, 0.4) is 0 Å². The van der Waals surface area contributed by atoms with Gasteiger partial charge in [-0.05, 0) is 61.8 Å². The lowest BCUT2D eigenvalue weighted by Crippen LogP contribution is -2.16. The summed E-state index contributed by atoms with van der Waals surface area (Å²) in [5, 5.41) is 0. The third kappa shape index (κ3) is 10.5. The van der Waals surface area contributed by atoms with E-state index in [1.165, 1.54) is 0 Å². The van der Waals surface area contributed by atoms with E-state index in [4.69, 9.17) is 9.73 Å². The third-order valence-electron chi connectivity index (χ3n) is 5.46. The molecule has 0 aliphatic heterocycles. The van der Waals surface area contributed by atoms with Crippen molar-refractivity contribution in [2.24, 2.45) is 16.3 Å². The number of nitrogens with zero attached hydrogens (tertiary/aromatic N) is 1. The van der Waals surface area contributed by atoms with E-state index in [0.717, 1.165) is 22.3 Å². The van der Waals surface area contributed by atoms with Crippen molar-refractivity contribution in [1.82, 2.24) is 0 Å². The van der Waals surface area contributed by atoms with Crippen LogP contribution in [0.15, 0.2) is 139 Å². The van der Waals surface area contributed by atoms with Crippen LogP contribution in [-0.4, -0.2) is 5.71 Å². The van der Waals surface area contributed by atoms with Gasteiger partial charge in [0.1, 0.15) is 17.2 Å². The molecule has 0 rings (SSSR count). The molecule has 0 radical (unpaired) electrons. The zero-order chi connectivity index (χ0) is 26.3.